The number of hydrogen-bond donors (Lipinski definition) is 4. The second-order valence-corrected chi connectivity index (χ2v) is 15.1. The molecule has 0 unspecified atom stereocenters. The molecular weight excluding hydrogens is 701 g/mol. The Balaban J connectivity index is 1.48. The third-order valence-electron chi connectivity index (χ3n) is 7.91. The molecule has 0 aliphatic heterocycles. The van der Waals surface area contributed by atoms with E-state index in [1.807, 2.05) is 0 Å². The predicted octanol–water partition coefficient (Wildman–Crippen LogP) is 6.11. The number of carbonyl (C=O) groups is 3. The third kappa shape index (κ3) is 10.5. The van der Waals surface area contributed by atoms with Gasteiger partial charge in [0.25, 0.3) is 21.5 Å². The van der Waals surface area contributed by atoms with Crippen LogP contribution >= 0.6 is 11.6 Å². The van der Waals surface area contributed by atoms with E-state index in [9.17, 15) is 40.8 Å². The molecule has 1 heterocycles. The molecule has 1 fully saturated rings. The maximum atomic E-state index is 13.6. The van der Waals surface area contributed by atoms with Crippen molar-refractivity contribution in [1.29, 1.82) is 0 Å². The van der Waals surface area contributed by atoms with Crippen molar-refractivity contribution in [2.75, 3.05) is 10.6 Å². The Bertz CT molecular complexity index is 1890. The van der Waals surface area contributed by atoms with Gasteiger partial charge in [0.1, 0.15) is 6.54 Å². The Hall–Kier alpha value is -4.44. The molecule has 1 saturated carbocycles. The minimum Gasteiger partial charge on any atom is -0.333 e. The Morgan fingerprint density at radius 3 is 2.14 bits per heavy atom. The average Bonchev–Trinajstić information content (AvgIpc) is 3.02. The number of hydrogen-bond acceptors (Lipinski definition) is 7. The van der Waals surface area contributed by atoms with E-state index < -0.39 is 62.1 Å². The van der Waals surface area contributed by atoms with Crippen LogP contribution in [0.15, 0.2) is 58.2 Å². The summed E-state index contributed by atoms with van der Waals surface area (Å²) in [7, 11) is -4.49. The van der Waals surface area contributed by atoms with Crippen molar-refractivity contribution in [3.05, 3.63) is 80.9 Å². The molecular formula is C33H38ClF3N6O6S. The lowest BCUT2D eigenvalue weighted by Gasteiger charge is -2.23. The maximum Gasteiger partial charge on any atom is 0.416 e. The fourth-order valence-corrected chi connectivity index (χ4v) is 6.72. The van der Waals surface area contributed by atoms with E-state index in [4.69, 9.17) is 11.6 Å². The summed E-state index contributed by atoms with van der Waals surface area (Å²) in [4.78, 5) is 55.5. The van der Waals surface area contributed by atoms with Crippen molar-refractivity contribution < 1.29 is 36.0 Å². The van der Waals surface area contributed by atoms with Gasteiger partial charge in [0, 0.05) is 16.8 Å². The van der Waals surface area contributed by atoms with E-state index in [2.05, 4.69) is 20.9 Å². The summed E-state index contributed by atoms with van der Waals surface area (Å²) in [6, 6.07) is 7.08. The van der Waals surface area contributed by atoms with Crippen LogP contribution in [0.2, 0.25) is 5.15 Å². The molecule has 50 heavy (non-hydrogen) atoms. The summed E-state index contributed by atoms with van der Waals surface area (Å²) in [6.45, 7) is 4.79. The number of urea groups is 1. The first kappa shape index (κ1) is 38.4. The lowest BCUT2D eigenvalue weighted by atomic mass is 9.86. The molecule has 0 saturated heterocycles. The summed E-state index contributed by atoms with van der Waals surface area (Å²) >= 11 is 6.54. The Morgan fingerprint density at radius 1 is 0.940 bits per heavy atom. The fourth-order valence-electron chi connectivity index (χ4n) is 5.47. The largest absolute Gasteiger partial charge is 0.416 e. The molecule has 4 rings (SSSR count). The van der Waals surface area contributed by atoms with Crippen LogP contribution in [0.3, 0.4) is 0 Å². The van der Waals surface area contributed by atoms with Gasteiger partial charge in [-0.25, -0.2) is 22.9 Å². The first-order valence-corrected chi connectivity index (χ1v) is 17.7. The molecule has 0 bridgehead atoms. The van der Waals surface area contributed by atoms with E-state index in [0.717, 1.165) is 44.2 Å². The molecule has 0 atom stereocenters. The molecule has 12 nitrogen and oxygen atoms in total. The zero-order valence-electron chi connectivity index (χ0n) is 27.6. The minimum atomic E-state index is -4.66. The summed E-state index contributed by atoms with van der Waals surface area (Å²) in [5.74, 6) is -1.61. The van der Waals surface area contributed by atoms with E-state index in [1.165, 1.54) is 35.3 Å². The molecule has 270 valence electrons. The molecule has 2 aromatic carbocycles. The number of aromatic nitrogens is 2. The van der Waals surface area contributed by atoms with Crippen LogP contribution in [-0.2, 0) is 34.0 Å². The Labute approximate surface area is 292 Å². The molecule has 4 N–H and O–H groups in total. The lowest BCUT2D eigenvalue weighted by Crippen LogP contribution is -2.44. The van der Waals surface area contributed by atoms with E-state index in [-0.39, 0.29) is 22.2 Å². The van der Waals surface area contributed by atoms with Crippen molar-refractivity contribution in [1.82, 2.24) is 19.6 Å². The second-order valence-electron chi connectivity index (χ2n) is 13.0. The standard InChI is InChI=1S/C33H38ClF3N6O6S/c1-32(2,3)41-31(47)40-28-30(46)43(25(27(34)39-28)18-9-20-7-5-4-6-8-20)19-26(44)38-23-14-10-21(11-15-23)29(45)42-50(48,49)24-16-12-22(13-17-24)33(35,36)37/h10-17,20H,4-9,18-19H2,1-3H3,(H,38,44)(H,42,45)(H2,39,40,41,47). The average molecular weight is 739 g/mol. The number of nitrogens with one attached hydrogen (secondary N) is 4. The highest BCUT2D eigenvalue weighted by atomic mass is 35.5. The summed E-state index contributed by atoms with van der Waals surface area (Å²) in [5.41, 5.74) is -1.95. The van der Waals surface area contributed by atoms with Crippen LogP contribution in [0.4, 0.5) is 29.5 Å². The number of alkyl halides is 3. The zero-order chi connectivity index (χ0) is 36.9. The van der Waals surface area contributed by atoms with Crippen molar-refractivity contribution >= 4 is 51.0 Å². The zero-order valence-corrected chi connectivity index (χ0v) is 29.2. The van der Waals surface area contributed by atoms with Gasteiger partial charge in [0.05, 0.1) is 16.2 Å². The van der Waals surface area contributed by atoms with E-state index in [0.29, 0.717) is 30.2 Å². The van der Waals surface area contributed by atoms with Crippen molar-refractivity contribution in [3.63, 3.8) is 0 Å². The first-order chi connectivity index (χ1) is 23.3. The molecule has 3 aromatic rings. The number of nitrogens with zero attached hydrogens (tertiary/aromatic N) is 2. The molecule has 17 heteroatoms. The van der Waals surface area contributed by atoms with Crippen LogP contribution in [0.25, 0.3) is 0 Å². The Morgan fingerprint density at radius 2 is 1.56 bits per heavy atom. The van der Waals surface area contributed by atoms with Crippen LogP contribution < -0.4 is 26.2 Å². The molecule has 1 aromatic heterocycles. The van der Waals surface area contributed by atoms with Crippen LogP contribution in [0.1, 0.15) is 80.9 Å². The highest BCUT2D eigenvalue weighted by Crippen LogP contribution is 2.30. The molecule has 1 aliphatic carbocycles. The van der Waals surface area contributed by atoms with Gasteiger partial charge >= 0.3 is 12.2 Å². The molecule has 1 aliphatic rings. The number of carbonyl (C=O) groups excluding carboxylic acids is 3. The number of sulfonamides is 1. The van der Waals surface area contributed by atoms with Crippen molar-refractivity contribution in [3.8, 4) is 0 Å². The van der Waals surface area contributed by atoms with Crippen LogP contribution in [-0.4, -0.2) is 41.4 Å². The number of benzene rings is 2. The molecule has 0 spiro atoms. The van der Waals surface area contributed by atoms with Crippen molar-refractivity contribution in [2.24, 2.45) is 5.92 Å². The normalized spacial score (nSPS) is 14.1. The number of halogens is 4. The predicted molar refractivity (Wildman–Crippen MR) is 181 cm³/mol. The minimum absolute atomic E-state index is 0.0270. The van der Waals surface area contributed by atoms with Crippen LogP contribution in [0.5, 0.6) is 0 Å². The van der Waals surface area contributed by atoms with Gasteiger partial charge in [-0.05, 0) is 88.1 Å². The molecule has 4 amide bonds. The third-order valence-corrected chi connectivity index (χ3v) is 9.56. The molecule has 0 radical (unpaired) electrons. The highest BCUT2D eigenvalue weighted by Gasteiger charge is 2.31. The SMILES string of the molecule is CC(C)(C)NC(=O)Nc1nc(Cl)c(CCC2CCCCC2)n(CC(=O)Nc2ccc(C(=O)NS(=O)(=O)c3ccc(C(F)(F)F)cc3)cc2)c1=O. The summed E-state index contributed by atoms with van der Waals surface area (Å²) in [6.07, 6.45) is 1.97. The lowest BCUT2D eigenvalue weighted by molar-refractivity contribution is -0.137. The van der Waals surface area contributed by atoms with Gasteiger partial charge in [0.2, 0.25) is 11.7 Å². The summed E-state index contributed by atoms with van der Waals surface area (Å²) < 4.78 is 66.6. The highest BCUT2D eigenvalue weighted by molar-refractivity contribution is 7.90. The first-order valence-electron chi connectivity index (χ1n) is 15.8. The van der Waals surface area contributed by atoms with Crippen LogP contribution in [0, 0.1) is 5.92 Å². The van der Waals surface area contributed by atoms with Crippen molar-refractivity contribution in [2.45, 2.75) is 88.9 Å². The maximum absolute atomic E-state index is 13.6. The monoisotopic (exact) mass is 738 g/mol. The summed E-state index contributed by atoms with van der Waals surface area (Å²) in [5, 5.41) is 7.68. The van der Waals surface area contributed by atoms with Gasteiger partial charge in [-0.15, -0.1) is 0 Å². The Kier molecular flexibility index (Phi) is 12.0. The van der Waals surface area contributed by atoms with Gasteiger partial charge < -0.3 is 10.6 Å². The quantitative estimate of drug-likeness (QED) is 0.195. The second kappa shape index (κ2) is 15.6. The van der Waals surface area contributed by atoms with Gasteiger partial charge in [-0.1, -0.05) is 43.7 Å². The fraction of sp³-hybridized carbons (Fsp3) is 0.424. The van der Waals surface area contributed by atoms with Gasteiger partial charge in [-0.2, -0.15) is 13.2 Å². The smallest absolute Gasteiger partial charge is 0.333 e. The van der Waals surface area contributed by atoms with E-state index in [1.54, 1.807) is 25.5 Å². The van der Waals surface area contributed by atoms with Gasteiger partial charge in [0.15, 0.2) is 5.15 Å². The topological polar surface area (TPSA) is 168 Å². The van der Waals surface area contributed by atoms with E-state index >= 15 is 0 Å². The number of anilines is 2. The van der Waals surface area contributed by atoms with Gasteiger partial charge in [-0.3, -0.25) is 24.3 Å². The number of amides is 4. The number of rotatable bonds is 10.